The molecule has 1 fully saturated rings. The average molecular weight is 256 g/mol. The van der Waals surface area contributed by atoms with Gasteiger partial charge in [-0.2, -0.15) is 0 Å². The maximum absolute atomic E-state index is 9.84. The first-order chi connectivity index (χ1) is 8.46. The van der Waals surface area contributed by atoms with Crippen LogP contribution in [0.5, 0.6) is 0 Å². The molecular weight excluding hydrogens is 224 g/mol. The minimum Gasteiger partial charge on any atom is -0.389 e. The van der Waals surface area contributed by atoms with Crippen molar-refractivity contribution in [3.63, 3.8) is 0 Å². The molecule has 18 heavy (non-hydrogen) atoms. The standard InChI is InChI=1S/C15H32N2O/c1-13-8-4-5-9-14(13)17(3)11-7-6-10-15(2,18)12-16/h13-14,18H,4-12,16H2,1-3H3. The molecule has 1 rings (SSSR count). The summed E-state index contributed by atoms with van der Waals surface area (Å²) in [5.41, 5.74) is 4.85. The summed E-state index contributed by atoms with van der Waals surface area (Å²) in [4.78, 5) is 2.53. The van der Waals surface area contributed by atoms with Crippen LogP contribution in [-0.2, 0) is 0 Å². The van der Waals surface area contributed by atoms with Gasteiger partial charge in [0.05, 0.1) is 5.60 Å². The summed E-state index contributed by atoms with van der Waals surface area (Å²) in [5.74, 6) is 0.843. The lowest BCUT2D eigenvalue weighted by atomic mass is 9.85. The van der Waals surface area contributed by atoms with E-state index in [0.717, 1.165) is 37.8 Å². The van der Waals surface area contributed by atoms with Gasteiger partial charge in [0, 0.05) is 12.6 Å². The van der Waals surface area contributed by atoms with Crippen LogP contribution in [-0.4, -0.2) is 41.8 Å². The zero-order chi connectivity index (χ0) is 13.6. The summed E-state index contributed by atoms with van der Waals surface area (Å²) in [7, 11) is 2.26. The lowest BCUT2D eigenvalue weighted by Gasteiger charge is -2.36. The van der Waals surface area contributed by atoms with Crippen LogP contribution in [0.15, 0.2) is 0 Å². The second-order valence-corrected chi connectivity index (χ2v) is 6.47. The van der Waals surface area contributed by atoms with Gasteiger partial charge in [-0.3, -0.25) is 0 Å². The summed E-state index contributed by atoms with van der Waals surface area (Å²) >= 11 is 0. The molecule has 0 bridgehead atoms. The molecule has 1 saturated carbocycles. The molecule has 0 saturated heterocycles. The molecule has 0 aliphatic heterocycles. The Labute approximate surface area is 113 Å². The van der Waals surface area contributed by atoms with Crippen LogP contribution >= 0.6 is 0 Å². The molecule has 1 aliphatic rings. The van der Waals surface area contributed by atoms with Gasteiger partial charge in [-0.1, -0.05) is 19.8 Å². The first-order valence-electron chi connectivity index (χ1n) is 7.59. The van der Waals surface area contributed by atoms with E-state index in [1.165, 1.54) is 25.7 Å². The molecule has 0 aromatic rings. The second-order valence-electron chi connectivity index (χ2n) is 6.47. The van der Waals surface area contributed by atoms with Crippen LogP contribution in [0.4, 0.5) is 0 Å². The van der Waals surface area contributed by atoms with Crippen LogP contribution in [0, 0.1) is 5.92 Å². The summed E-state index contributed by atoms with van der Waals surface area (Å²) in [6.45, 7) is 5.73. The Morgan fingerprint density at radius 1 is 1.28 bits per heavy atom. The third-order valence-electron chi connectivity index (χ3n) is 4.55. The molecule has 0 radical (unpaired) electrons. The molecule has 0 aromatic heterocycles. The van der Waals surface area contributed by atoms with E-state index in [1.807, 2.05) is 6.92 Å². The predicted molar refractivity (Wildman–Crippen MR) is 77.6 cm³/mol. The van der Waals surface area contributed by atoms with Crippen LogP contribution in [0.1, 0.15) is 58.8 Å². The van der Waals surface area contributed by atoms with Crippen molar-refractivity contribution in [2.24, 2.45) is 11.7 Å². The van der Waals surface area contributed by atoms with Gasteiger partial charge in [-0.25, -0.2) is 0 Å². The van der Waals surface area contributed by atoms with E-state index in [9.17, 15) is 5.11 Å². The third kappa shape index (κ3) is 5.25. The SMILES string of the molecule is CC1CCCCC1N(C)CCCCC(C)(O)CN. The molecule has 3 nitrogen and oxygen atoms in total. The van der Waals surface area contributed by atoms with E-state index >= 15 is 0 Å². The maximum atomic E-state index is 9.84. The predicted octanol–water partition coefficient (Wildman–Crippen LogP) is 2.38. The highest BCUT2D eigenvalue weighted by molar-refractivity contribution is 4.79. The summed E-state index contributed by atoms with van der Waals surface area (Å²) < 4.78 is 0. The number of aliphatic hydroxyl groups is 1. The topological polar surface area (TPSA) is 49.5 Å². The largest absolute Gasteiger partial charge is 0.389 e. The van der Waals surface area contributed by atoms with Gasteiger partial charge in [-0.05, 0) is 58.5 Å². The quantitative estimate of drug-likeness (QED) is 0.688. The monoisotopic (exact) mass is 256 g/mol. The summed E-state index contributed by atoms with van der Waals surface area (Å²) in [6.07, 6.45) is 8.59. The van der Waals surface area contributed by atoms with Gasteiger partial charge in [0.25, 0.3) is 0 Å². The van der Waals surface area contributed by atoms with Crippen molar-refractivity contribution in [1.29, 1.82) is 0 Å². The van der Waals surface area contributed by atoms with Crippen LogP contribution in [0.25, 0.3) is 0 Å². The van der Waals surface area contributed by atoms with Crippen molar-refractivity contribution in [1.82, 2.24) is 4.90 Å². The Hall–Kier alpha value is -0.120. The normalized spacial score (nSPS) is 28.3. The van der Waals surface area contributed by atoms with Crippen molar-refractivity contribution in [3.05, 3.63) is 0 Å². The summed E-state index contributed by atoms with van der Waals surface area (Å²) in [6, 6.07) is 0.772. The molecule has 1 aliphatic carbocycles. The average Bonchev–Trinajstić information content (AvgIpc) is 2.35. The molecule has 3 atom stereocenters. The number of nitrogens with zero attached hydrogens (tertiary/aromatic N) is 1. The van der Waals surface area contributed by atoms with Gasteiger partial charge in [0.1, 0.15) is 0 Å². The van der Waals surface area contributed by atoms with E-state index in [4.69, 9.17) is 5.73 Å². The highest BCUT2D eigenvalue weighted by Crippen LogP contribution is 2.27. The Morgan fingerprint density at radius 2 is 1.94 bits per heavy atom. The number of hydrogen-bond donors (Lipinski definition) is 2. The molecule has 3 heteroatoms. The molecule has 0 spiro atoms. The van der Waals surface area contributed by atoms with E-state index in [2.05, 4.69) is 18.9 Å². The maximum Gasteiger partial charge on any atom is 0.0741 e. The van der Waals surface area contributed by atoms with Crippen LogP contribution in [0.3, 0.4) is 0 Å². The highest BCUT2D eigenvalue weighted by Gasteiger charge is 2.24. The van der Waals surface area contributed by atoms with Crippen molar-refractivity contribution >= 4 is 0 Å². The lowest BCUT2D eigenvalue weighted by Crippen LogP contribution is -2.39. The molecular formula is C15H32N2O. The third-order valence-corrected chi connectivity index (χ3v) is 4.55. The van der Waals surface area contributed by atoms with E-state index in [-0.39, 0.29) is 0 Å². The van der Waals surface area contributed by atoms with Crippen LogP contribution < -0.4 is 5.73 Å². The van der Waals surface area contributed by atoms with Gasteiger partial charge in [-0.15, -0.1) is 0 Å². The Kier molecular flexibility index (Phi) is 6.61. The van der Waals surface area contributed by atoms with Crippen molar-refractivity contribution in [2.75, 3.05) is 20.1 Å². The van der Waals surface area contributed by atoms with Crippen molar-refractivity contribution < 1.29 is 5.11 Å². The minimum atomic E-state index is -0.670. The molecule has 0 heterocycles. The van der Waals surface area contributed by atoms with E-state index in [1.54, 1.807) is 0 Å². The van der Waals surface area contributed by atoms with Gasteiger partial charge in [0.15, 0.2) is 0 Å². The fourth-order valence-electron chi connectivity index (χ4n) is 3.09. The molecule has 3 unspecified atom stereocenters. The number of rotatable bonds is 7. The summed E-state index contributed by atoms with van der Waals surface area (Å²) in [5, 5.41) is 9.84. The van der Waals surface area contributed by atoms with E-state index in [0.29, 0.717) is 6.54 Å². The van der Waals surface area contributed by atoms with Crippen LogP contribution in [0.2, 0.25) is 0 Å². The molecule has 0 aromatic carbocycles. The number of unbranched alkanes of at least 4 members (excludes halogenated alkanes) is 1. The smallest absolute Gasteiger partial charge is 0.0741 e. The first-order valence-corrected chi connectivity index (χ1v) is 7.59. The van der Waals surface area contributed by atoms with Crippen molar-refractivity contribution in [2.45, 2.75) is 70.4 Å². The second kappa shape index (κ2) is 7.46. The Bertz CT molecular complexity index is 231. The lowest BCUT2D eigenvalue weighted by molar-refractivity contribution is 0.0552. The minimum absolute atomic E-state index is 0.364. The fourth-order valence-corrected chi connectivity index (χ4v) is 3.09. The zero-order valence-electron chi connectivity index (χ0n) is 12.5. The fraction of sp³-hybridized carbons (Fsp3) is 1.00. The molecule has 0 amide bonds. The molecule has 3 N–H and O–H groups in total. The van der Waals surface area contributed by atoms with Gasteiger partial charge < -0.3 is 15.7 Å². The zero-order valence-corrected chi connectivity index (χ0v) is 12.5. The van der Waals surface area contributed by atoms with Gasteiger partial charge >= 0.3 is 0 Å². The number of hydrogen-bond acceptors (Lipinski definition) is 3. The highest BCUT2D eigenvalue weighted by atomic mass is 16.3. The van der Waals surface area contributed by atoms with Crippen molar-refractivity contribution in [3.8, 4) is 0 Å². The number of nitrogens with two attached hydrogens (primary N) is 1. The van der Waals surface area contributed by atoms with E-state index < -0.39 is 5.60 Å². The Morgan fingerprint density at radius 3 is 2.56 bits per heavy atom. The Balaban J connectivity index is 2.18. The molecule has 108 valence electrons. The van der Waals surface area contributed by atoms with Gasteiger partial charge in [0.2, 0.25) is 0 Å². The first kappa shape index (κ1) is 15.9.